The Hall–Kier alpha value is -3.94. The minimum Gasteiger partial charge on any atom is -0.475 e. The van der Waals surface area contributed by atoms with Crippen LogP contribution < -0.4 is 10.2 Å². The average molecular weight is 522 g/mol. The molecule has 37 heavy (non-hydrogen) atoms. The third-order valence-corrected chi connectivity index (χ3v) is 5.87. The van der Waals surface area contributed by atoms with Gasteiger partial charge in [-0.25, -0.2) is 14.6 Å². The van der Waals surface area contributed by atoms with Crippen molar-refractivity contribution in [3.05, 3.63) is 36.4 Å². The molecule has 0 saturated carbocycles. The van der Waals surface area contributed by atoms with Crippen LogP contribution in [0.2, 0.25) is 0 Å². The number of aliphatic carboxylic acids is 1. The number of hydrogen-bond donors (Lipinski definition) is 2. The van der Waals surface area contributed by atoms with E-state index in [0.29, 0.717) is 56.9 Å². The first-order valence-electron chi connectivity index (χ1n) is 11.6. The van der Waals surface area contributed by atoms with Crippen molar-refractivity contribution < 1.29 is 37.1 Å². The maximum absolute atomic E-state index is 12.5. The highest BCUT2D eigenvalue weighted by atomic mass is 19.4. The summed E-state index contributed by atoms with van der Waals surface area (Å²) in [4.78, 5) is 34.4. The van der Waals surface area contributed by atoms with Crippen LogP contribution in [-0.4, -0.2) is 88.7 Å². The average Bonchev–Trinajstić information content (AvgIpc) is 3.39. The van der Waals surface area contributed by atoms with Gasteiger partial charge in [-0.05, 0) is 25.0 Å². The van der Waals surface area contributed by atoms with Gasteiger partial charge in [0, 0.05) is 50.8 Å². The summed E-state index contributed by atoms with van der Waals surface area (Å²) in [5.74, 6) is -2.29. The Morgan fingerprint density at radius 2 is 1.68 bits per heavy atom. The Morgan fingerprint density at radius 1 is 1.00 bits per heavy atom. The highest BCUT2D eigenvalue weighted by molar-refractivity contribution is 5.80. The van der Waals surface area contributed by atoms with Crippen LogP contribution in [0.4, 0.5) is 24.0 Å². The van der Waals surface area contributed by atoms with Gasteiger partial charge < -0.3 is 29.5 Å². The minimum atomic E-state index is -5.08. The highest BCUT2D eigenvalue weighted by Crippen LogP contribution is 2.22. The molecule has 2 aliphatic heterocycles. The van der Waals surface area contributed by atoms with Crippen molar-refractivity contribution in [3.8, 4) is 11.5 Å². The minimum absolute atomic E-state index is 0.00636. The molecule has 0 atom stereocenters. The smallest absolute Gasteiger partial charge is 0.475 e. The van der Waals surface area contributed by atoms with Crippen molar-refractivity contribution in [1.29, 1.82) is 0 Å². The van der Waals surface area contributed by atoms with Gasteiger partial charge in [0.05, 0.1) is 5.52 Å². The summed E-state index contributed by atoms with van der Waals surface area (Å²) in [6, 6.07) is 12.5. The molecule has 198 valence electrons. The Balaban J connectivity index is 0.000000405. The summed E-state index contributed by atoms with van der Waals surface area (Å²) in [6.45, 7) is 3.94. The molecule has 2 fully saturated rings. The van der Waals surface area contributed by atoms with Crippen molar-refractivity contribution in [2.24, 2.45) is 0 Å². The van der Waals surface area contributed by atoms with E-state index < -0.39 is 12.1 Å². The van der Waals surface area contributed by atoms with Crippen molar-refractivity contribution in [1.82, 2.24) is 25.3 Å². The first-order valence-corrected chi connectivity index (χ1v) is 11.6. The number of anilines is 1. The highest BCUT2D eigenvalue weighted by Gasteiger charge is 2.38. The van der Waals surface area contributed by atoms with Crippen LogP contribution in [0, 0.1) is 0 Å². The number of nitrogens with one attached hydrogen (secondary N) is 1. The number of para-hydroxylation sites is 1. The molecule has 0 bridgehead atoms. The third kappa shape index (κ3) is 6.84. The number of hydrogen-bond acceptors (Lipinski definition) is 8. The first kappa shape index (κ1) is 26.1. The number of carboxylic acid groups (broad SMARTS) is 1. The number of nitrogens with zero attached hydrogens (tertiary/aromatic N) is 5. The van der Waals surface area contributed by atoms with Gasteiger partial charge in [-0.15, -0.1) is 0 Å². The van der Waals surface area contributed by atoms with Gasteiger partial charge in [-0.3, -0.25) is 0 Å². The number of pyridine rings is 1. The Labute approximate surface area is 209 Å². The lowest BCUT2D eigenvalue weighted by atomic mass is 10.1. The molecule has 2 aliphatic rings. The van der Waals surface area contributed by atoms with Gasteiger partial charge in [0.2, 0.25) is 5.82 Å². The number of halogens is 3. The van der Waals surface area contributed by atoms with Crippen LogP contribution in [-0.2, 0) is 9.53 Å². The van der Waals surface area contributed by atoms with Gasteiger partial charge in [-0.1, -0.05) is 29.4 Å². The molecule has 2 N–H and O–H groups in total. The van der Waals surface area contributed by atoms with Crippen LogP contribution in [0.3, 0.4) is 0 Å². The summed E-state index contributed by atoms with van der Waals surface area (Å²) in [6.07, 6.45) is -3.33. The standard InChI is InChI=1S/C21H24N6O3.C2HF3O2/c28-20(22-16-7-13-29-14-8-16)26-9-11-27(12-10-26)21-24-19(25-30-21)18-6-5-15-3-1-2-4-17(15)23-18;3-2(4,5)1(6)7/h1-6,16H,7-14H2,(H,22,28);(H,6,7). The second-order valence-corrected chi connectivity index (χ2v) is 8.40. The van der Waals surface area contributed by atoms with Gasteiger partial charge in [0.25, 0.3) is 0 Å². The quantitative estimate of drug-likeness (QED) is 0.533. The van der Waals surface area contributed by atoms with Gasteiger partial charge >= 0.3 is 24.2 Å². The summed E-state index contributed by atoms with van der Waals surface area (Å²) < 4.78 is 42.6. The predicted molar refractivity (Wildman–Crippen MR) is 125 cm³/mol. The van der Waals surface area contributed by atoms with E-state index in [0.717, 1.165) is 23.7 Å². The number of ether oxygens (including phenoxy) is 1. The Morgan fingerprint density at radius 3 is 2.35 bits per heavy atom. The fourth-order valence-corrected chi connectivity index (χ4v) is 3.85. The molecule has 4 heterocycles. The number of benzene rings is 1. The summed E-state index contributed by atoms with van der Waals surface area (Å²) in [5, 5.41) is 15.4. The molecule has 14 heteroatoms. The van der Waals surface area contributed by atoms with Crippen LogP contribution in [0.25, 0.3) is 22.4 Å². The SMILES string of the molecule is O=C(NC1CCOCC1)N1CCN(c2nc(-c3ccc4ccccc4n3)no2)CC1.O=C(O)C(F)(F)F. The number of carboxylic acids is 1. The molecule has 2 amide bonds. The van der Waals surface area contributed by atoms with E-state index in [1.165, 1.54) is 0 Å². The maximum atomic E-state index is 12.5. The van der Waals surface area contributed by atoms with E-state index in [1.54, 1.807) is 0 Å². The summed E-state index contributed by atoms with van der Waals surface area (Å²) >= 11 is 0. The Kier molecular flexibility index (Phi) is 8.06. The number of urea groups is 1. The molecule has 3 aromatic rings. The third-order valence-electron chi connectivity index (χ3n) is 5.87. The summed E-state index contributed by atoms with van der Waals surface area (Å²) in [7, 11) is 0. The zero-order valence-corrected chi connectivity index (χ0v) is 19.6. The van der Waals surface area contributed by atoms with Crippen LogP contribution in [0.5, 0.6) is 0 Å². The molecule has 11 nitrogen and oxygen atoms in total. The lowest BCUT2D eigenvalue weighted by Gasteiger charge is -2.35. The number of alkyl halides is 3. The fourth-order valence-electron chi connectivity index (χ4n) is 3.85. The van der Waals surface area contributed by atoms with Crippen molar-refractivity contribution in [2.75, 3.05) is 44.3 Å². The second kappa shape index (κ2) is 11.4. The number of amides is 2. The lowest BCUT2D eigenvalue weighted by molar-refractivity contribution is -0.192. The van der Waals surface area contributed by atoms with Crippen molar-refractivity contribution >= 4 is 28.9 Å². The zero-order chi connectivity index (χ0) is 26.4. The van der Waals surface area contributed by atoms with Crippen molar-refractivity contribution in [3.63, 3.8) is 0 Å². The normalized spacial score (nSPS) is 16.7. The van der Waals surface area contributed by atoms with Crippen LogP contribution >= 0.6 is 0 Å². The molecular weight excluding hydrogens is 497 g/mol. The van der Waals surface area contributed by atoms with Crippen LogP contribution in [0.15, 0.2) is 40.9 Å². The van der Waals surface area contributed by atoms with E-state index in [2.05, 4.69) is 20.4 Å². The van der Waals surface area contributed by atoms with Gasteiger partial charge in [-0.2, -0.15) is 18.2 Å². The van der Waals surface area contributed by atoms with E-state index in [9.17, 15) is 18.0 Å². The molecule has 0 aliphatic carbocycles. The molecule has 5 rings (SSSR count). The number of rotatable bonds is 3. The van der Waals surface area contributed by atoms with E-state index in [-0.39, 0.29) is 12.1 Å². The predicted octanol–water partition coefficient (Wildman–Crippen LogP) is 2.93. The summed E-state index contributed by atoms with van der Waals surface area (Å²) in [5.41, 5.74) is 1.57. The molecule has 1 aromatic carbocycles. The number of fused-ring (bicyclic) bond motifs is 1. The zero-order valence-electron chi connectivity index (χ0n) is 19.6. The largest absolute Gasteiger partial charge is 0.490 e. The molecule has 0 unspecified atom stereocenters. The van der Waals surface area contributed by atoms with Crippen LogP contribution in [0.1, 0.15) is 12.8 Å². The van der Waals surface area contributed by atoms with E-state index in [4.69, 9.17) is 19.2 Å². The lowest BCUT2D eigenvalue weighted by Crippen LogP contribution is -2.54. The molecular formula is C23H25F3N6O5. The number of carbonyl (C=O) groups is 2. The topological polar surface area (TPSA) is 134 Å². The number of carbonyl (C=O) groups excluding carboxylic acids is 1. The number of piperazine rings is 1. The van der Waals surface area contributed by atoms with E-state index in [1.807, 2.05) is 46.2 Å². The monoisotopic (exact) mass is 522 g/mol. The molecule has 2 aromatic heterocycles. The molecule has 2 saturated heterocycles. The van der Waals surface area contributed by atoms with E-state index >= 15 is 0 Å². The van der Waals surface area contributed by atoms with Gasteiger partial charge in [0.15, 0.2) is 0 Å². The Bertz CT molecular complexity index is 1220. The molecule has 0 spiro atoms. The van der Waals surface area contributed by atoms with Gasteiger partial charge in [0.1, 0.15) is 5.69 Å². The second-order valence-electron chi connectivity index (χ2n) is 8.40. The maximum Gasteiger partial charge on any atom is 0.490 e. The number of aromatic nitrogens is 3. The molecule has 0 radical (unpaired) electrons. The fraction of sp³-hybridized carbons (Fsp3) is 0.435. The first-order chi connectivity index (χ1) is 17.7. The van der Waals surface area contributed by atoms with Crippen molar-refractivity contribution in [2.45, 2.75) is 25.1 Å².